The molecular weight excluding hydrogens is 611 g/mol. The fraction of sp³-hybridized carbons (Fsp3) is 0.500. The lowest BCUT2D eigenvalue weighted by atomic mass is 9.93. The Balaban J connectivity index is 0.000000289. The fourth-order valence-electron chi connectivity index (χ4n) is 5.17. The molecule has 46 heavy (non-hydrogen) atoms. The van der Waals surface area contributed by atoms with Gasteiger partial charge in [0.05, 0.1) is 17.3 Å². The van der Waals surface area contributed by atoms with E-state index >= 15 is 0 Å². The number of hydrogen-bond donors (Lipinski definition) is 0. The van der Waals surface area contributed by atoms with Gasteiger partial charge in [-0.2, -0.15) is 0 Å². The summed E-state index contributed by atoms with van der Waals surface area (Å²) < 4.78 is 25.0. The van der Waals surface area contributed by atoms with Gasteiger partial charge in [-0.1, -0.05) is 82.5 Å². The van der Waals surface area contributed by atoms with Gasteiger partial charge in [-0.15, -0.1) is 0 Å². The van der Waals surface area contributed by atoms with Crippen LogP contribution in [0.25, 0.3) is 0 Å². The standard InChI is InChI=1S/C21H23ClFNO5.C15H23NO/c1-2-3-6-9-28-19(25)12-29-18-11-17(16(23)10-15(18)22)24-20(26)13-7-4-5-8-14(13)21(24)27;1-12(2)16(14(17)15(3,4)5)11-13-9-7-6-8-10-13/h10-11H,2-9,12H2,1H3;6-10,12H,11H2,1-5H3. The molecule has 0 unspecified atom stereocenters. The Bertz CT molecular complexity index is 1410. The van der Waals surface area contributed by atoms with Gasteiger partial charge in [0.25, 0.3) is 11.8 Å². The van der Waals surface area contributed by atoms with Gasteiger partial charge in [-0.25, -0.2) is 14.1 Å². The molecule has 0 saturated carbocycles. The predicted molar refractivity (Wildman–Crippen MR) is 177 cm³/mol. The van der Waals surface area contributed by atoms with Gasteiger partial charge in [0.15, 0.2) is 6.61 Å². The van der Waals surface area contributed by atoms with Crippen LogP contribution in [0.5, 0.6) is 5.75 Å². The van der Waals surface area contributed by atoms with Gasteiger partial charge >= 0.3 is 5.97 Å². The first-order valence-corrected chi connectivity index (χ1v) is 16.4. The van der Waals surface area contributed by atoms with Crippen molar-refractivity contribution in [3.8, 4) is 5.75 Å². The van der Waals surface area contributed by atoms with E-state index in [0.717, 1.165) is 43.1 Å². The van der Waals surface area contributed by atoms with Crippen molar-refractivity contribution in [1.82, 2.24) is 4.90 Å². The van der Waals surface area contributed by atoms with E-state index in [1.54, 1.807) is 0 Å². The molecule has 0 N–H and O–H groups in total. The number of esters is 1. The van der Waals surface area contributed by atoms with Crippen LogP contribution in [0.3, 0.4) is 0 Å². The topological polar surface area (TPSA) is 93.2 Å². The van der Waals surface area contributed by atoms with Crippen molar-refractivity contribution in [3.63, 3.8) is 0 Å². The van der Waals surface area contributed by atoms with E-state index in [9.17, 15) is 23.6 Å². The van der Waals surface area contributed by atoms with Crippen LogP contribution < -0.4 is 9.64 Å². The zero-order valence-electron chi connectivity index (χ0n) is 27.8. The maximum atomic E-state index is 14.5. The highest BCUT2D eigenvalue weighted by Crippen LogP contribution is 2.39. The molecule has 4 rings (SSSR count). The average molecular weight is 657 g/mol. The molecule has 0 saturated heterocycles. The molecule has 2 aromatic rings. The molecule has 1 aliphatic heterocycles. The maximum absolute atomic E-state index is 14.5. The number of hydrogen-bond acceptors (Lipinski definition) is 6. The van der Waals surface area contributed by atoms with Crippen LogP contribution in [0.1, 0.15) is 92.1 Å². The number of unbranched alkanes of at least 4 members (excludes halogenated alkanes) is 2. The normalized spacial score (nSPS) is 14.6. The minimum Gasteiger partial charge on any atom is -0.480 e. The number of ether oxygens (including phenoxy) is 2. The number of nitrogens with zero attached hydrogens (tertiary/aromatic N) is 2. The quantitative estimate of drug-likeness (QED) is 0.139. The van der Waals surface area contributed by atoms with Gasteiger partial charge in [0, 0.05) is 35.2 Å². The highest BCUT2D eigenvalue weighted by Gasteiger charge is 2.41. The first-order chi connectivity index (χ1) is 21.8. The lowest BCUT2D eigenvalue weighted by molar-refractivity contribution is -0.146. The van der Waals surface area contributed by atoms with Crippen molar-refractivity contribution in [2.45, 2.75) is 99.1 Å². The maximum Gasteiger partial charge on any atom is 0.344 e. The Morgan fingerprint density at radius 1 is 1.00 bits per heavy atom. The summed E-state index contributed by atoms with van der Waals surface area (Å²) in [6, 6.07) is 12.5. The smallest absolute Gasteiger partial charge is 0.344 e. The highest BCUT2D eigenvalue weighted by molar-refractivity contribution is 6.34. The third-order valence-corrected chi connectivity index (χ3v) is 8.01. The number of imide groups is 1. The van der Waals surface area contributed by atoms with Gasteiger partial charge in [0.2, 0.25) is 5.91 Å². The third-order valence-electron chi connectivity index (χ3n) is 7.71. The zero-order chi connectivity index (χ0) is 34.0. The molecule has 0 radical (unpaired) electrons. The summed E-state index contributed by atoms with van der Waals surface area (Å²) in [5.41, 5.74) is 1.53. The molecule has 0 aromatic heterocycles. The van der Waals surface area contributed by atoms with Crippen LogP contribution in [-0.4, -0.2) is 47.8 Å². The molecule has 2 aromatic carbocycles. The SMILES string of the molecule is CC(C)N(Cc1ccccc1)C(=O)C(C)(C)C.CCCCCOC(=O)COc1cc(N2C(=O)C3=C(CCCC3)C2=O)c(F)cc1Cl. The largest absolute Gasteiger partial charge is 0.480 e. The van der Waals surface area contributed by atoms with Crippen molar-refractivity contribution in [3.05, 3.63) is 70.0 Å². The molecule has 0 bridgehead atoms. The molecule has 2 aliphatic rings. The first kappa shape index (κ1) is 36.7. The molecule has 1 aliphatic carbocycles. The number of benzene rings is 2. The minimum absolute atomic E-state index is 0.000883. The Labute approximate surface area is 276 Å². The fourth-order valence-corrected chi connectivity index (χ4v) is 5.38. The lowest BCUT2D eigenvalue weighted by Crippen LogP contribution is -2.43. The second-order valence-electron chi connectivity index (χ2n) is 12.8. The number of rotatable bonds is 11. The van der Waals surface area contributed by atoms with E-state index in [1.165, 1.54) is 11.6 Å². The van der Waals surface area contributed by atoms with E-state index in [1.807, 2.05) is 50.8 Å². The minimum atomic E-state index is -0.814. The Morgan fingerprint density at radius 3 is 2.15 bits per heavy atom. The van der Waals surface area contributed by atoms with Gasteiger partial charge in [-0.05, 0) is 57.6 Å². The van der Waals surface area contributed by atoms with E-state index in [-0.39, 0.29) is 33.8 Å². The number of carbonyl (C=O) groups excluding carboxylic acids is 4. The summed E-state index contributed by atoms with van der Waals surface area (Å²) in [4.78, 5) is 52.2. The molecule has 0 atom stereocenters. The Kier molecular flexibility index (Phi) is 13.4. The van der Waals surface area contributed by atoms with Gasteiger partial charge in [-0.3, -0.25) is 14.4 Å². The van der Waals surface area contributed by atoms with E-state index in [4.69, 9.17) is 21.1 Å². The summed E-state index contributed by atoms with van der Waals surface area (Å²) in [5.74, 6) is -2.20. The summed E-state index contributed by atoms with van der Waals surface area (Å²) in [6.07, 6.45) is 5.40. The molecule has 0 fully saturated rings. The van der Waals surface area contributed by atoms with Crippen LogP contribution in [0.15, 0.2) is 53.6 Å². The highest BCUT2D eigenvalue weighted by atomic mass is 35.5. The predicted octanol–water partition coefficient (Wildman–Crippen LogP) is 7.80. The molecule has 10 heteroatoms. The van der Waals surface area contributed by atoms with Crippen molar-refractivity contribution < 1.29 is 33.0 Å². The molecular formula is C36H46ClFN2O6. The number of halogens is 2. The molecule has 8 nitrogen and oxygen atoms in total. The van der Waals surface area contributed by atoms with Crippen molar-refractivity contribution in [2.75, 3.05) is 18.1 Å². The zero-order valence-corrected chi connectivity index (χ0v) is 28.5. The average Bonchev–Trinajstić information content (AvgIpc) is 3.27. The summed E-state index contributed by atoms with van der Waals surface area (Å²) in [5, 5.41) is -0.0677. The number of amides is 3. The molecule has 250 valence electrons. The van der Waals surface area contributed by atoms with Crippen LogP contribution in [-0.2, 0) is 30.5 Å². The van der Waals surface area contributed by atoms with Crippen molar-refractivity contribution in [2.24, 2.45) is 5.41 Å². The second kappa shape index (κ2) is 16.7. The van der Waals surface area contributed by atoms with Crippen LogP contribution >= 0.6 is 11.6 Å². The molecule has 1 heterocycles. The Hall–Kier alpha value is -3.72. The molecule has 3 amide bonds. The summed E-state index contributed by atoms with van der Waals surface area (Å²) >= 11 is 6.02. The van der Waals surface area contributed by atoms with E-state index < -0.39 is 30.2 Å². The van der Waals surface area contributed by atoms with Crippen molar-refractivity contribution in [1.29, 1.82) is 0 Å². The van der Waals surface area contributed by atoms with Crippen molar-refractivity contribution >= 4 is 41.0 Å². The molecule has 0 spiro atoms. The lowest BCUT2D eigenvalue weighted by Gasteiger charge is -2.32. The first-order valence-electron chi connectivity index (χ1n) is 16.0. The van der Waals surface area contributed by atoms with Crippen LogP contribution in [0, 0.1) is 11.2 Å². The monoisotopic (exact) mass is 656 g/mol. The van der Waals surface area contributed by atoms with Gasteiger partial charge in [0.1, 0.15) is 11.6 Å². The second-order valence-corrected chi connectivity index (χ2v) is 13.2. The van der Waals surface area contributed by atoms with Crippen LogP contribution in [0.4, 0.5) is 10.1 Å². The number of carbonyl (C=O) groups is 4. The summed E-state index contributed by atoms with van der Waals surface area (Å²) in [6.45, 7) is 12.6. The van der Waals surface area contributed by atoms with E-state index in [0.29, 0.717) is 37.1 Å². The Morgan fingerprint density at radius 2 is 1.61 bits per heavy atom. The number of anilines is 1. The third kappa shape index (κ3) is 9.64. The van der Waals surface area contributed by atoms with Gasteiger partial charge < -0.3 is 14.4 Å². The van der Waals surface area contributed by atoms with E-state index in [2.05, 4.69) is 26.0 Å². The van der Waals surface area contributed by atoms with Crippen LogP contribution in [0.2, 0.25) is 5.02 Å². The summed E-state index contributed by atoms with van der Waals surface area (Å²) in [7, 11) is 0.